The van der Waals surface area contributed by atoms with E-state index in [9.17, 15) is 9.59 Å². The van der Waals surface area contributed by atoms with E-state index in [0.29, 0.717) is 6.54 Å². The van der Waals surface area contributed by atoms with Crippen molar-refractivity contribution in [2.75, 3.05) is 13.6 Å². The third-order valence-corrected chi connectivity index (χ3v) is 2.04. The molecule has 0 aromatic heterocycles. The van der Waals surface area contributed by atoms with Gasteiger partial charge in [0, 0.05) is 13.6 Å². The van der Waals surface area contributed by atoms with Crippen molar-refractivity contribution in [1.82, 2.24) is 10.2 Å². The number of aliphatic imine (C=N–C) groups is 1. The van der Waals surface area contributed by atoms with Crippen LogP contribution < -0.4 is 5.32 Å². The first-order valence-electron chi connectivity index (χ1n) is 6.87. The van der Waals surface area contributed by atoms with E-state index in [1.807, 2.05) is 6.92 Å². The van der Waals surface area contributed by atoms with Gasteiger partial charge in [-0.25, -0.2) is 9.59 Å². The van der Waals surface area contributed by atoms with Crippen molar-refractivity contribution in [3.8, 4) is 0 Å². The number of hydrogen-bond acceptors (Lipinski definition) is 4. The normalized spacial score (nSPS) is 12.7. The van der Waals surface area contributed by atoms with Gasteiger partial charge in [-0.3, -0.25) is 5.32 Å². The Labute approximate surface area is 126 Å². The summed E-state index contributed by atoms with van der Waals surface area (Å²) in [5, 5.41) is 2.45. The van der Waals surface area contributed by atoms with Gasteiger partial charge in [-0.05, 0) is 48.5 Å². The van der Waals surface area contributed by atoms with Crippen molar-refractivity contribution < 1.29 is 19.1 Å². The highest BCUT2D eigenvalue weighted by Crippen LogP contribution is 2.09. The zero-order chi connectivity index (χ0) is 16.8. The summed E-state index contributed by atoms with van der Waals surface area (Å²) in [6.45, 7) is 12.9. The Kier molecular flexibility index (Phi) is 6.66. The van der Waals surface area contributed by atoms with Crippen LogP contribution in [0.1, 0.15) is 48.5 Å². The molecule has 0 aliphatic heterocycles. The Balaban J connectivity index is 4.97. The van der Waals surface area contributed by atoms with Crippen molar-refractivity contribution in [1.29, 1.82) is 0 Å². The van der Waals surface area contributed by atoms with Crippen molar-refractivity contribution in [3.63, 3.8) is 0 Å². The number of nitrogens with one attached hydrogen (secondary N) is 1. The first-order valence-corrected chi connectivity index (χ1v) is 6.87. The van der Waals surface area contributed by atoms with Gasteiger partial charge in [-0.2, -0.15) is 0 Å². The largest absolute Gasteiger partial charge is 0.444 e. The minimum Gasteiger partial charge on any atom is -0.444 e. The number of carbonyl (C=O) groups excluding carboxylic acids is 2. The fraction of sp³-hybridized carbons (Fsp3) is 0.786. The number of ether oxygens (including phenoxy) is 2. The summed E-state index contributed by atoms with van der Waals surface area (Å²) in [4.78, 5) is 28.9. The lowest BCUT2D eigenvalue weighted by atomic mass is 10.2. The number of guanidine groups is 1. The van der Waals surface area contributed by atoms with Crippen LogP contribution in [0.2, 0.25) is 0 Å². The fourth-order valence-electron chi connectivity index (χ4n) is 1.12. The summed E-state index contributed by atoms with van der Waals surface area (Å²) in [5.41, 5.74) is -1.28. The molecule has 1 N–H and O–H groups in total. The molecule has 0 aliphatic rings. The summed E-state index contributed by atoms with van der Waals surface area (Å²) in [6, 6.07) is 0. The van der Waals surface area contributed by atoms with Crippen molar-refractivity contribution >= 4 is 18.1 Å². The highest BCUT2D eigenvalue weighted by Gasteiger charge is 2.21. The SMILES string of the molecule is CCN(C)/C(=N\C(=O)OC(C)(C)C)NC(=O)OC(C)(C)C. The molecule has 2 amide bonds. The maximum Gasteiger partial charge on any atom is 0.437 e. The number of hydrogen-bond donors (Lipinski definition) is 1. The Morgan fingerprint density at radius 1 is 1.05 bits per heavy atom. The zero-order valence-corrected chi connectivity index (χ0v) is 14.2. The van der Waals surface area contributed by atoms with Crippen molar-refractivity contribution in [2.24, 2.45) is 4.99 Å². The Hall–Kier alpha value is -1.79. The van der Waals surface area contributed by atoms with E-state index in [-0.39, 0.29) is 5.96 Å². The minimum absolute atomic E-state index is 0.0843. The van der Waals surface area contributed by atoms with Crippen LogP contribution in [0.3, 0.4) is 0 Å². The fourth-order valence-corrected chi connectivity index (χ4v) is 1.12. The van der Waals surface area contributed by atoms with Gasteiger partial charge in [0.15, 0.2) is 0 Å². The standard InChI is InChI=1S/C14H27N3O4/c1-9-17(8)10(15-11(18)20-13(2,3)4)16-12(19)21-14(5,6)7/h9H2,1-8H3,(H,15,16,18,19). The summed E-state index contributed by atoms with van der Waals surface area (Å²) < 4.78 is 10.2. The number of amides is 2. The second kappa shape index (κ2) is 7.28. The van der Waals surface area contributed by atoms with Crippen LogP contribution in [-0.2, 0) is 9.47 Å². The van der Waals surface area contributed by atoms with E-state index in [1.165, 1.54) is 0 Å². The average Bonchev–Trinajstić information content (AvgIpc) is 2.21. The lowest BCUT2D eigenvalue weighted by Gasteiger charge is -2.24. The summed E-state index contributed by atoms with van der Waals surface area (Å²) in [7, 11) is 1.70. The Bertz CT molecular complexity index is 405. The smallest absolute Gasteiger partial charge is 0.437 e. The van der Waals surface area contributed by atoms with Gasteiger partial charge >= 0.3 is 12.2 Å². The molecule has 7 heteroatoms. The van der Waals surface area contributed by atoms with Gasteiger partial charge in [0.2, 0.25) is 5.96 Å². The van der Waals surface area contributed by atoms with E-state index in [2.05, 4.69) is 10.3 Å². The highest BCUT2D eigenvalue weighted by molar-refractivity contribution is 5.98. The zero-order valence-electron chi connectivity index (χ0n) is 14.2. The molecule has 0 unspecified atom stereocenters. The van der Waals surface area contributed by atoms with Crippen LogP contribution in [0.25, 0.3) is 0 Å². The van der Waals surface area contributed by atoms with Crippen LogP contribution in [0.4, 0.5) is 9.59 Å². The van der Waals surface area contributed by atoms with E-state index in [0.717, 1.165) is 0 Å². The van der Waals surface area contributed by atoms with Crippen LogP contribution in [-0.4, -0.2) is 47.8 Å². The molecule has 0 atom stereocenters. The minimum atomic E-state index is -0.770. The van der Waals surface area contributed by atoms with Crippen LogP contribution in [0, 0.1) is 0 Å². The van der Waals surface area contributed by atoms with Crippen LogP contribution in [0.5, 0.6) is 0 Å². The van der Waals surface area contributed by atoms with E-state index >= 15 is 0 Å². The molecule has 122 valence electrons. The molecule has 0 aliphatic carbocycles. The van der Waals surface area contributed by atoms with E-state index in [1.54, 1.807) is 53.5 Å². The number of nitrogens with zero attached hydrogens (tertiary/aromatic N) is 2. The van der Waals surface area contributed by atoms with Crippen LogP contribution in [0.15, 0.2) is 4.99 Å². The van der Waals surface area contributed by atoms with Gasteiger partial charge in [-0.1, -0.05) is 0 Å². The Morgan fingerprint density at radius 2 is 1.52 bits per heavy atom. The van der Waals surface area contributed by atoms with Gasteiger partial charge in [0.1, 0.15) is 11.2 Å². The molecule has 0 saturated heterocycles. The molecule has 0 saturated carbocycles. The lowest BCUT2D eigenvalue weighted by molar-refractivity contribution is 0.0556. The van der Waals surface area contributed by atoms with Crippen molar-refractivity contribution in [3.05, 3.63) is 0 Å². The molecular weight excluding hydrogens is 274 g/mol. The molecule has 0 aromatic carbocycles. The van der Waals surface area contributed by atoms with Gasteiger partial charge in [0.25, 0.3) is 0 Å². The molecule has 0 fully saturated rings. The first-order chi connectivity index (χ1) is 9.34. The van der Waals surface area contributed by atoms with E-state index < -0.39 is 23.4 Å². The molecule has 0 bridgehead atoms. The molecule has 0 spiro atoms. The molecule has 21 heavy (non-hydrogen) atoms. The molecule has 0 heterocycles. The number of rotatable bonds is 1. The molecule has 7 nitrogen and oxygen atoms in total. The lowest BCUT2D eigenvalue weighted by Crippen LogP contribution is -2.45. The maximum absolute atomic E-state index is 11.8. The highest BCUT2D eigenvalue weighted by atomic mass is 16.6. The number of carbonyl (C=O) groups is 2. The molecule has 0 rings (SSSR count). The van der Waals surface area contributed by atoms with Crippen LogP contribution >= 0.6 is 0 Å². The average molecular weight is 301 g/mol. The number of alkyl carbamates (subject to hydrolysis) is 1. The quantitative estimate of drug-likeness (QED) is 0.595. The van der Waals surface area contributed by atoms with Gasteiger partial charge in [0.05, 0.1) is 0 Å². The first kappa shape index (κ1) is 19.2. The monoisotopic (exact) mass is 301 g/mol. The van der Waals surface area contributed by atoms with Crippen molar-refractivity contribution in [2.45, 2.75) is 59.7 Å². The van der Waals surface area contributed by atoms with Gasteiger partial charge < -0.3 is 14.4 Å². The summed E-state index contributed by atoms with van der Waals surface area (Å²) >= 11 is 0. The second-order valence-electron chi connectivity index (χ2n) is 6.56. The second-order valence-corrected chi connectivity index (χ2v) is 6.56. The van der Waals surface area contributed by atoms with E-state index in [4.69, 9.17) is 9.47 Å². The predicted molar refractivity (Wildman–Crippen MR) is 81.3 cm³/mol. The third-order valence-electron chi connectivity index (χ3n) is 2.04. The molecule has 0 aromatic rings. The Morgan fingerprint density at radius 3 is 1.90 bits per heavy atom. The third kappa shape index (κ3) is 9.70. The molecular formula is C14H27N3O4. The topological polar surface area (TPSA) is 80.2 Å². The van der Waals surface area contributed by atoms with Gasteiger partial charge in [-0.15, -0.1) is 4.99 Å². The molecule has 0 radical (unpaired) electrons. The summed E-state index contributed by atoms with van der Waals surface area (Å²) in [5.74, 6) is 0.0843. The summed E-state index contributed by atoms with van der Waals surface area (Å²) in [6.07, 6.45) is -1.45. The predicted octanol–water partition coefficient (Wildman–Crippen LogP) is 2.75. The maximum atomic E-state index is 11.8.